The molecule has 0 aliphatic carbocycles. The molecule has 0 aliphatic rings. The topological polar surface area (TPSA) is 22.0 Å². The van der Waals surface area contributed by atoms with E-state index in [1.807, 2.05) is 47.0 Å². The van der Waals surface area contributed by atoms with Crippen LogP contribution in [0.3, 0.4) is 0 Å². The molecule has 0 radical (unpaired) electrons. The molecule has 0 spiro atoms. The number of hydrogen-bond acceptors (Lipinski definition) is 1. The van der Waals surface area contributed by atoms with Gasteiger partial charge in [0.2, 0.25) is 0 Å². The van der Waals surface area contributed by atoms with E-state index in [2.05, 4.69) is 12.1 Å². The zero-order chi connectivity index (χ0) is 14.8. The summed E-state index contributed by atoms with van der Waals surface area (Å²) in [6.45, 7) is 2.33. The number of nitrogens with zero attached hydrogens (tertiary/aromatic N) is 1. The molecule has 106 valence electrons. The fraction of sp³-hybridized carbons (Fsp3) is 0.167. The van der Waals surface area contributed by atoms with Crippen LogP contribution in [0.15, 0.2) is 54.6 Å². The van der Waals surface area contributed by atoms with Gasteiger partial charge in [0, 0.05) is 17.4 Å². The number of carbonyl (C=O) groups is 1. The lowest BCUT2D eigenvalue weighted by atomic mass is 10.1. The molecule has 0 amide bonds. The summed E-state index contributed by atoms with van der Waals surface area (Å²) >= 11 is 6.46. The number of hydrogen-bond donors (Lipinski definition) is 0. The minimum atomic E-state index is 0.00895. The van der Waals surface area contributed by atoms with E-state index in [0.717, 1.165) is 23.9 Å². The van der Waals surface area contributed by atoms with Gasteiger partial charge in [-0.1, -0.05) is 60.1 Å². The van der Waals surface area contributed by atoms with E-state index in [0.29, 0.717) is 10.7 Å². The SMILES string of the molecule is CC(=O)c1c(Cl)n(CCc2ccccc2)c2ccccc12. The molecule has 1 heterocycles. The highest BCUT2D eigenvalue weighted by molar-refractivity contribution is 6.35. The maximum Gasteiger partial charge on any atom is 0.163 e. The highest BCUT2D eigenvalue weighted by Crippen LogP contribution is 2.30. The molecular formula is C18H16ClNO. The number of Topliss-reactive ketones (excluding diaryl/α,β-unsaturated/α-hetero) is 1. The largest absolute Gasteiger partial charge is 0.331 e. The summed E-state index contributed by atoms with van der Waals surface area (Å²) in [5.41, 5.74) is 2.90. The Balaban J connectivity index is 2.02. The molecule has 3 aromatic rings. The van der Waals surface area contributed by atoms with E-state index in [1.165, 1.54) is 5.56 Å². The Hall–Kier alpha value is -2.06. The summed E-state index contributed by atoms with van der Waals surface area (Å²) in [4.78, 5) is 11.9. The smallest absolute Gasteiger partial charge is 0.163 e. The second kappa shape index (κ2) is 5.74. The average molecular weight is 298 g/mol. The minimum Gasteiger partial charge on any atom is -0.331 e. The molecule has 3 heteroatoms. The molecule has 0 N–H and O–H groups in total. The lowest BCUT2D eigenvalue weighted by Crippen LogP contribution is -2.02. The van der Waals surface area contributed by atoms with Crippen molar-refractivity contribution < 1.29 is 4.79 Å². The molecule has 0 saturated carbocycles. The second-order valence-electron chi connectivity index (χ2n) is 5.13. The third-order valence-electron chi connectivity index (χ3n) is 3.73. The van der Waals surface area contributed by atoms with Crippen molar-refractivity contribution in [1.82, 2.24) is 4.57 Å². The van der Waals surface area contributed by atoms with Gasteiger partial charge < -0.3 is 4.57 Å². The van der Waals surface area contributed by atoms with Crippen molar-refractivity contribution in [1.29, 1.82) is 0 Å². The normalized spacial score (nSPS) is 11.0. The van der Waals surface area contributed by atoms with Crippen LogP contribution in [0.25, 0.3) is 10.9 Å². The molecule has 3 rings (SSSR count). The zero-order valence-electron chi connectivity index (χ0n) is 11.8. The minimum absolute atomic E-state index is 0.00895. The Bertz CT molecular complexity index is 790. The van der Waals surface area contributed by atoms with Crippen molar-refractivity contribution in [2.24, 2.45) is 0 Å². The molecule has 0 unspecified atom stereocenters. The first-order chi connectivity index (χ1) is 10.2. The van der Waals surface area contributed by atoms with Crippen LogP contribution < -0.4 is 0 Å². The fourth-order valence-corrected chi connectivity index (χ4v) is 3.12. The maximum atomic E-state index is 11.9. The summed E-state index contributed by atoms with van der Waals surface area (Å²) in [7, 11) is 0. The number of benzene rings is 2. The number of rotatable bonds is 4. The lowest BCUT2D eigenvalue weighted by molar-refractivity contribution is 0.101. The first kappa shape index (κ1) is 13.9. The molecule has 2 aromatic carbocycles. The van der Waals surface area contributed by atoms with E-state index in [4.69, 9.17) is 11.6 Å². The van der Waals surface area contributed by atoms with Gasteiger partial charge in [0.05, 0.1) is 5.56 Å². The van der Waals surface area contributed by atoms with Gasteiger partial charge in [0.1, 0.15) is 5.15 Å². The highest BCUT2D eigenvalue weighted by atomic mass is 35.5. The Labute approximate surface area is 129 Å². The van der Waals surface area contributed by atoms with Crippen LogP contribution in [0.1, 0.15) is 22.8 Å². The zero-order valence-corrected chi connectivity index (χ0v) is 12.6. The van der Waals surface area contributed by atoms with Crippen molar-refractivity contribution in [3.8, 4) is 0 Å². The van der Waals surface area contributed by atoms with E-state index >= 15 is 0 Å². The van der Waals surface area contributed by atoms with Gasteiger partial charge >= 0.3 is 0 Å². The van der Waals surface area contributed by atoms with Gasteiger partial charge in [-0.2, -0.15) is 0 Å². The monoisotopic (exact) mass is 297 g/mol. The number of ketones is 1. The van der Waals surface area contributed by atoms with Crippen LogP contribution in [0.2, 0.25) is 5.15 Å². The second-order valence-corrected chi connectivity index (χ2v) is 5.48. The molecule has 2 nitrogen and oxygen atoms in total. The Kier molecular flexibility index (Phi) is 3.80. The summed E-state index contributed by atoms with van der Waals surface area (Å²) in [5, 5.41) is 1.47. The molecule has 0 bridgehead atoms. The molecule has 0 atom stereocenters. The van der Waals surface area contributed by atoms with Crippen LogP contribution in [0.5, 0.6) is 0 Å². The van der Waals surface area contributed by atoms with Crippen molar-refractivity contribution in [3.05, 3.63) is 70.9 Å². The molecule has 0 saturated heterocycles. The molecule has 1 aromatic heterocycles. The third-order valence-corrected chi connectivity index (χ3v) is 4.12. The Morgan fingerprint density at radius 2 is 1.71 bits per heavy atom. The van der Waals surface area contributed by atoms with Gasteiger partial charge in [-0.05, 0) is 25.0 Å². The van der Waals surface area contributed by atoms with Gasteiger partial charge in [0.15, 0.2) is 5.78 Å². The quantitative estimate of drug-likeness (QED) is 0.638. The first-order valence-corrected chi connectivity index (χ1v) is 7.38. The van der Waals surface area contributed by atoms with Crippen LogP contribution in [-0.2, 0) is 13.0 Å². The van der Waals surface area contributed by atoms with Gasteiger partial charge in [-0.15, -0.1) is 0 Å². The fourth-order valence-electron chi connectivity index (χ4n) is 2.71. The molecule has 0 aliphatic heterocycles. The highest BCUT2D eigenvalue weighted by Gasteiger charge is 2.18. The summed E-state index contributed by atoms with van der Waals surface area (Å²) in [6, 6.07) is 18.2. The number of fused-ring (bicyclic) bond motifs is 1. The first-order valence-electron chi connectivity index (χ1n) is 7.00. The van der Waals surface area contributed by atoms with Crippen molar-refractivity contribution in [2.45, 2.75) is 19.9 Å². The van der Waals surface area contributed by atoms with Crippen molar-refractivity contribution in [2.75, 3.05) is 0 Å². The standard InChI is InChI=1S/C18H16ClNO/c1-13(21)17-15-9-5-6-10-16(15)20(18(17)19)12-11-14-7-3-2-4-8-14/h2-10H,11-12H2,1H3. The van der Waals surface area contributed by atoms with E-state index < -0.39 is 0 Å². The number of aryl methyl sites for hydroxylation is 2. The molecule has 21 heavy (non-hydrogen) atoms. The van der Waals surface area contributed by atoms with Crippen LogP contribution in [0, 0.1) is 0 Å². The van der Waals surface area contributed by atoms with E-state index in [-0.39, 0.29) is 5.78 Å². The number of aromatic nitrogens is 1. The summed E-state index contributed by atoms with van der Waals surface area (Å²) in [5.74, 6) is 0.00895. The van der Waals surface area contributed by atoms with Crippen LogP contribution >= 0.6 is 11.6 Å². The van der Waals surface area contributed by atoms with Crippen LogP contribution in [0.4, 0.5) is 0 Å². The molecular weight excluding hydrogens is 282 g/mol. The summed E-state index contributed by atoms with van der Waals surface area (Å²) < 4.78 is 2.03. The maximum absolute atomic E-state index is 11.9. The van der Waals surface area contributed by atoms with Gasteiger partial charge in [-0.3, -0.25) is 4.79 Å². The number of para-hydroxylation sites is 1. The van der Waals surface area contributed by atoms with Crippen molar-refractivity contribution >= 4 is 28.3 Å². The average Bonchev–Trinajstić information content (AvgIpc) is 2.78. The third kappa shape index (κ3) is 2.59. The summed E-state index contributed by atoms with van der Waals surface area (Å²) in [6.07, 6.45) is 0.885. The number of halogens is 1. The van der Waals surface area contributed by atoms with Crippen LogP contribution in [-0.4, -0.2) is 10.4 Å². The number of carbonyl (C=O) groups excluding carboxylic acids is 1. The Morgan fingerprint density at radius 3 is 2.43 bits per heavy atom. The molecule has 0 fully saturated rings. The predicted molar refractivity (Wildman–Crippen MR) is 87.1 cm³/mol. The van der Waals surface area contributed by atoms with Gasteiger partial charge in [0.25, 0.3) is 0 Å². The van der Waals surface area contributed by atoms with E-state index in [9.17, 15) is 4.79 Å². The predicted octanol–water partition coefficient (Wildman–Crippen LogP) is 4.74. The van der Waals surface area contributed by atoms with E-state index in [1.54, 1.807) is 6.92 Å². The lowest BCUT2D eigenvalue weighted by Gasteiger charge is -2.07. The Morgan fingerprint density at radius 1 is 1.05 bits per heavy atom. The van der Waals surface area contributed by atoms with Gasteiger partial charge in [-0.25, -0.2) is 0 Å². The van der Waals surface area contributed by atoms with Crippen molar-refractivity contribution in [3.63, 3.8) is 0 Å².